The van der Waals surface area contributed by atoms with Crippen molar-refractivity contribution in [1.82, 2.24) is 15.2 Å². The number of hydrogen-bond donors (Lipinski definition) is 1. The molecule has 106 valence electrons. The number of hydrogen-bond acceptors (Lipinski definition) is 5. The van der Waals surface area contributed by atoms with Crippen molar-refractivity contribution in [2.75, 3.05) is 6.61 Å². The summed E-state index contributed by atoms with van der Waals surface area (Å²) in [4.78, 5) is 4.00. The molecule has 0 spiro atoms. The van der Waals surface area contributed by atoms with Crippen molar-refractivity contribution >= 4 is 0 Å². The molecule has 2 N–H and O–H groups in total. The zero-order chi connectivity index (χ0) is 14.4. The van der Waals surface area contributed by atoms with Crippen LogP contribution in [-0.4, -0.2) is 21.8 Å². The normalized spacial score (nSPS) is 10.6. The minimum atomic E-state index is 0.419. The molecule has 0 radical (unpaired) electrons. The predicted molar refractivity (Wildman–Crippen MR) is 77.5 cm³/mol. The zero-order valence-corrected chi connectivity index (χ0v) is 12.0. The molecule has 0 saturated carbocycles. The van der Waals surface area contributed by atoms with Crippen LogP contribution in [0, 0.1) is 13.8 Å². The van der Waals surface area contributed by atoms with Gasteiger partial charge in [0.2, 0.25) is 5.88 Å². The minimum Gasteiger partial charge on any atom is -0.476 e. The van der Waals surface area contributed by atoms with E-state index in [0.29, 0.717) is 19.0 Å². The Morgan fingerprint density at radius 1 is 1.15 bits per heavy atom. The van der Waals surface area contributed by atoms with Gasteiger partial charge in [0.25, 0.3) is 0 Å². The molecule has 5 heteroatoms. The summed E-state index contributed by atoms with van der Waals surface area (Å²) in [6.45, 7) is 4.94. The van der Waals surface area contributed by atoms with E-state index in [4.69, 9.17) is 10.5 Å². The smallest absolute Gasteiger partial charge is 0.238 e. The lowest BCUT2D eigenvalue weighted by Crippen LogP contribution is -2.10. The summed E-state index contributed by atoms with van der Waals surface area (Å²) < 4.78 is 5.72. The van der Waals surface area contributed by atoms with Crippen molar-refractivity contribution in [3.05, 3.63) is 46.9 Å². The first-order valence-corrected chi connectivity index (χ1v) is 6.77. The van der Waals surface area contributed by atoms with Crippen LogP contribution in [0.2, 0.25) is 0 Å². The second-order valence-electron chi connectivity index (χ2n) is 4.71. The topological polar surface area (TPSA) is 73.9 Å². The average Bonchev–Trinajstić information content (AvgIpc) is 2.48. The maximum absolute atomic E-state index is 5.76. The van der Waals surface area contributed by atoms with Gasteiger partial charge >= 0.3 is 0 Å². The summed E-state index contributed by atoms with van der Waals surface area (Å²) in [5.74, 6) is 0.560. The number of aromatic nitrogens is 3. The lowest BCUT2D eigenvalue weighted by atomic mass is 10.1. The molecule has 2 aromatic rings. The highest BCUT2D eigenvalue weighted by atomic mass is 16.5. The molecule has 0 aliphatic carbocycles. The molecule has 0 unspecified atom stereocenters. The van der Waals surface area contributed by atoms with Crippen molar-refractivity contribution in [3.63, 3.8) is 0 Å². The molecule has 0 aliphatic rings. The molecule has 0 amide bonds. The second-order valence-corrected chi connectivity index (χ2v) is 4.71. The molecule has 0 aromatic carbocycles. The summed E-state index contributed by atoms with van der Waals surface area (Å²) in [5.41, 5.74) is 9.92. The van der Waals surface area contributed by atoms with Crippen molar-refractivity contribution in [2.24, 2.45) is 5.73 Å². The Morgan fingerprint density at radius 3 is 2.60 bits per heavy atom. The highest BCUT2D eigenvalue weighted by Gasteiger charge is 2.10. The van der Waals surface area contributed by atoms with Crippen LogP contribution >= 0.6 is 0 Å². The van der Waals surface area contributed by atoms with Crippen LogP contribution < -0.4 is 10.5 Å². The van der Waals surface area contributed by atoms with Crippen LogP contribution in [0.5, 0.6) is 5.88 Å². The standard InChI is InChI=1S/C15H20N4O/c1-11-12(2)18-19-15(14(11)10-16)20-9-3-4-13-5-7-17-8-6-13/h5-8H,3-4,9-10,16H2,1-2H3. The van der Waals surface area contributed by atoms with E-state index in [1.54, 1.807) is 12.4 Å². The van der Waals surface area contributed by atoms with Gasteiger partial charge in [0.05, 0.1) is 12.3 Å². The SMILES string of the molecule is Cc1nnc(OCCCc2ccncc2)c(CN)c1C. The van der Waals surface area contributed by atoms with E-state index < -0.39 is 0 Å². The maximum atomic E-state index is 5.76. The van der Waals surface area contributed by atoms with Gasteiger partial charge in [-0.05, 0) is 49.9 Å². The molecule has 2 rings (SSSR count). The number of pyridine rings is 1. The molecule has 2 aromatic heterocycles. The fourth-order valence-corrected chi connectivity index (χ4v) is 1.99. The van der Waals surface area contributed by atoms with Crippen LogP contribution in [-0.2, 0) is 13.0 Å². The molecular formula is C15H20N4O. The Kier molecular flexibility index (Phi) is 5.01. The second kappa shape index (κ2) is 6.96. The molecule has 2 heterocycles. The summed E-state index contributed by atoms with van der Waals surface area (Å²) in [5, 5.41) is 8.18. The van der Waals surface area contributed by atoms with E-state index in [9.17, 15) is 0 Å². The van der Waals surface area contributed by atoms with E-state index in [1.165, 1.54) is 5.56 Å². The Labute approximate surface area is 119 Å². The summed E-state index contributed by atoms with van der Waals surface area (Å²) in [6, 6.07) is 4.03. The van der Waals surface area contributed by atoms with E-state index >= 15 is 0 Å². The van der Waals surface area contributed by atoms with Gasteiger partial charge in [-0.15, -0.1) is 5.10 Å². The first kappa shape index (κ1) is 14.4. The number of nitrogens with two attached hydrogens (primary N) is 1. The fraction of sp³-hybridized carbons (Fsp3) is 0.400. The van der Waals surface area contributed by atoms with Gasteiger partial charge in [-0.25, -0.2) is 0 Å². The molecular weight excluding hydrogens is 252 g/mol. The van der Waals surface area contributed by atoms with Gasteiger partial charge in [-0.1, -0.05) is 0 Å². The van der Waals surface area contributed by atoms with Crippen LogP contribution in [0.25, 0.3) is 0 Å². The van der Waals surface area contributed by atoms with E-state index in [1.807, 2.05) is 26.0 Å². The van der Waals surface area contributed by atoms with E-state index in [-0.39, 0.29) is 0 Å². The number of ether oxygens (including phenoxy) is 1. The van der Waals surface area contributed by atoms with Crippen molar-refractivity contribution in [2.45, 2.75) is 33.2 Å². The molecule has 20 heavy (non-hydrogen) atoms. The first-order chi connectivity index (χ1) is 9.72. The van der Waals surface area contributed by atoms with Crippen LogP contribution in [0.1, 0.15) is 28.8 Å². The lowest BCUT2D eigenvalue weighted by Gasteiger charge is -2.12. The lowest BCUT2D eigenvalue weighted by molar-refractivity contribution is 0.291. The number of nitrogens with zero attached hydrogens (tertiary/aromatic N) is 3. The Balaban J connectivity index is 1.90. The van der Waals surface area contributed by atoms with Crippen LogP contribution in [0.15, 0.2) is 24.5 Å². The van der Waals surface area contributed by atoms with Crippen molar-refractivity contribution in [3.8, 4) is 5.88 Å². The van der Waals surface area contributed by atoms with E-state index in [0.717, 1.165) is 29.7 Å². The highest BCUT2D eigenvalue weighted by molar-refractivity contribution is 5.35. The molecule has 0 saturated heterocycles. The third-order valence-electron chi connectivity index (χ3n) is 3.35. The average molecular weight is 272 g/mol. The van der Waals surface area contributed by atoms with Crippen molar-refractivity contribution < 1.29 is 4.74 Å². The van der Waals surface area contributed by atoms with E-state index in [2.05, 4.69) is 15.2 Å². The summed E-state index contributed by atoms with van der Waals surface area (Å²) in [7, 11) is 0. The largest absolute Gasteiger partial charge is 0.476 e. The number of aryl methyl sites for hydroxylation is 2. The molecule has 0 fully saturated rings. The monoisotopic (exact) mass is 272 g/mol. The zero-order valence-electron chi connectivity index (χ0n) is 12.0. The Bertz CT molecular complexity index is 557. The van der Waals surface area contributed by atoms with Gasteiger partial charge in [0, 0.05) is 24.5 Å². The van der Waals surface area contributed by atoms with Gasteiger partial charge in [-0.3, -0.25) is 4.98 Å². The fourth-order valence-electron chi connectivity index (χ4n) is 1.99. The Morgan fingerprint density at radius 2 is 1.90 bits per heavy atom. The number of rotatable bonds is 6. The highest BCUT2D eigenvalue weighted by Crippen LogP contribution is 2.19. The molecule has 0 atom stereocenters. The first-order valence-electron chi connectivity index (χ1n) is 6.77. The van der Waals surface area contributed by atoms with Crippen LogP contribution in [0.3, 0.4) is 0 Å². The Hall–Kier alpha value is -2.01. The molecule has 0 aliphatic heterocycles. The minimum absolute atomic E-state index is 0.419. The predicted octanol–water partition coefficient (Wildman–Crippen LogP) is 1.96. The summed E-state index contributed by atoms with van der Waals surface area (Å²) >= 11 is 0. The summed E-state index contributed by atoms with van der Waals surface area (Å²) in [6.07, 6.45) is 5.48. The maximum Gasteiger partial charge on any atom is 0.238 e. The third-order valence-corrected chi connectivity index (χ3v) is 3.35. The van der Waals surface area contributed by atoms with Gasteiger partial charge in [0.1, 0.15) is 0 Å². The quantitative estimate of drug-likeness (QED) is 0.814. The van der Waals surface area contributed by atoms with Crippen molar-refractivity contribution in [1.29, 1.82) is 0 Å². The van der Waals surface area contributed by atoms with Gasteiger partial charge in [0.15, 0.2) is 0 Å². The molecule has 5 nitrogen and oxygen atoms in total. The van der Waals surface area contributed by atoms with Gasteiger partial charge < -0.3 is 10.5 Å². The third kappa shape index (κ3) is 3.51. The van der Waals surface area contributed by atoms with Gasteiger partial charge in [-0.2, -0.15) is 5.10 Å². The molecule has 0 bridgehead atoms. The van der Waals surface area contributed by atoms with Crippen LogP contribution in [0.4, 0.5) is 0 Å².